The number of aromatic hydroxyl groups is 1. The van der Waals surface area contributed by atoms with Gasteiger partial charge in [-0.2, -0.15) is 15.2 Å². The molecule has 4 aliphatic rings. The molecule has 0 bridgehead atoms. The van der Waals surface area contributed by atoms with E-state index in [2.05, 4.69) is 28.8 Å². The summed E-state index contributed by atoms with van der Waals surface area (Å²) in [6.07, 6.45) is 9.55. The lowest BCUT2D eigenvalue weighted by Gasteiger charge is -2.49. The van der Waals surface area contributed by atoms with E-state index in [1.165, 1.54) is 35.2 Å². The van der Waals surface area contributed by atoms with Crippen LogP contribution in [-0.2, 0) is 16.1 Å². The molecular formula is C42H47F2N7O6. The molecule has 2 atom stereocenters. The Balaban J connectivity index is 1.30. The second-order valence-corrected chi connectivity index (χ2v) is 16.0. The number of ether oxygens (including phenoxy) is 3. The normalized spacial score (nSPS) is 22.3. The van der Waals surface area contributed by atoms with Crippen LogP contribution >= 0.6 is 0 Å². The van der Waals surface area contributed by atoms with E-state index in [0.29, 0.717) is 44.3 Å². The fraction of sp³-hybridized carbons (Fsp3) is 0.500. The molecule has 3 fully saturated rings. The number of hydrogen-bond acceptors (Lipinski definition) is 11. The summed E-state index contributed by atoms with van der Waals surface area (Å²) in [5.41, 5.74) is -2.52. The summed E-state index contributed by atoms with van der Waals surface area (Å²) in [6.45, 7) is 8.31. The monoisotopic (exact) mass is 783 g/mol. The zero-order chi connectivity index (χ0) is 40.7. The number of nitriles is 1. The molecule has 1 saturated carbocycles. The van der Waals surface area contributed by atoms with E-state index < -0.39 is 34.6 Å². The smallest absolute Gasteiger partial charge is 0.420 e. The Morgan fingerprint density at radius 2 is 2.00 bits per heavy atom. The molecule has 0 unspecified atom stereocenters. The number of carbonyl (C=O) groups excluding carboxylic acids is 2. The first-order chi connectivity index (χ1) is 27.3. The number of phenolic OH excluding ortho intramolecular Hbond substituents is 1. The summed E-state index contributed by atoms with van der Waals surface area (Å²) in [4.78, 5) is 41.1. The van der Waals surface area contributed by atoms with E-state index in [1.807, 2.05) is 0 Å². The number of anilines is 2. The molecule has 7 rings (SSSR count). The van der Waals surface area contributed by atoms with Crippen LogP contribution < -0.4 is 19.7 Å². The molecule has 2 saturated heterocycles. The van der Waals surface area contributed by atoms with Gasteiger partial charge in [-0.05, 0) is 63.1 Å². The third-order valence-corrected chi connectivity index (χ3v) is 12.5. The van der Waals surface area contributed by atoms with Gasteiger partial charge in [-0.3, -0.25) is 14.6 Å². The molecule has 4 heterocycles. The van der Waals surface area contributed by atoms with Crippen LogP contribution in [0, 0.1) is 34.9 Å². The van der Waals surface area contributed by atoms with E-state index in [9.17, 15) is 20.0 Å². The molecule has 2 aromatic carbocycles. The molecule has 2 amide bonds. The van der Waals surface area contributed by atoms with Crippen molar-refractivity contribution >= 4 is 34.3 Å². The second kappa shape index (κ2) is 15.4. The zero-order valence-electron chi connectivity index (χ0n) is 32.4. The number of benzene rings is 2. The number of nitrogens with zero attached hydrogens (tertiary/aromatic N) is 6. The number of carbonyl (C=O) groups is 2. The Kier molecular flexibility index (Phi) is 10.8. The molecule has 2 N–H and O–H groups in total. The maximum atomic E-state index is 15.6. The fourth-order valence-corrected chi connectivity index (χ4v) is 9.11. The summed E-state index contributed by atoms with van der Waals surface area (Å²) < 4.78 is 48.6. The number of amides is 2. The van der Waals surface area contributed by atoms with Gasteiger partial charge in [-0.1, -0.05) is 31.4 Å². The Morgan fingerprint density at radius 3 is 2.68 bits per heavy atom. The van der Waals surface area contributed by atoms with Crippen molar-refractivity contribution in [2.24, 2.45) is 5.41 Å². The van der Waals surface area contributed by atoms with Crippen molar-refractivity contribution in [2.45, 2.75) is 88.6 Å². The Hall–Kier alpha value is -5.51. The number of likely N-dealkylation sites (N-methyl/N-ethyl adjacent to an activating group) is 1. The number of hydrogen-bond donors (Lipinski definition) is 2. The number of phenols is 1. The second-order valence-electron chi connectivity index (χ2n) is 16.0. The Bertz CT molecular complexity index is 2170. The van der Waals surface area contributed by atoms with E-state index >= 15 is 8.78 Å². The topological polar surface area (TPSA) is 153 Å². The first-order valence-corrected chi connectivity index (χ1v) is 19.3. The number of halogens is 2. The lowest BCUT2D eigenvalue weighted by molar-refractivity contribution is -0.129. The van der Waals surface area contributed by atoms with Crippen molar-refractivity contribution in [1.29, 1.82) is 5.26 Å². The van der Waals surface area contributed by atoms with E-state index in [-0.39, 0.29) is 90.3 Å². The van der Waals surface area contributed by atoms with Gasteiger partial charge in [0, 0.05) is 57.3 Å². The van der Waals surface area contributed by atoms with Crippen LogP contribution in [0.3, 0.4) is 0 Å². The first kappa shape index (κ1) is 39.7. The molecular weight excluding hydrogens is 737 g/mol. The van der Waals surface area contributed by atoms with Gasteiger partial charge in [0.15, 0.2) is 11.6 Å². The van der Waals surface area contributed by atoms with Crippen molar-refractivity contribution in [3.8, 4) is 35.9 Å². The number of fused-ring (bicyclic) bond motifs is 2. The van der Waals surface area contributed by atoms with Gasteiger partial charge < -0.3 is 29.5 Å². The Morgan fingerprint density at radius 1 is 1.26 bits per heavy atom. The van der Waals surface area contributed by atoms with Crippen LogP contribution in [0.1, 0.15) is 70.1 Å². The van der Waals surface area contributed by atoms with E-state index in [0.717, 1.165) is 12.8 Å². The lowest BCUT2D eigenvalue weighted by atomic mass is 9.71. The fourth-order valence-electron chi connectivity index (χ4n) is 9.11. The maximum Gasteiger partial charge on any atom is 0.420 e. The van der Waals surface area contributed by atoms with Crippen molar-refractivity contribution in [2.75, 3.05) is 50.2 Å². The minimum atomic E-state index is -1.20. The molecule has 1 aromatic heterocycles. The van der Waals surface area contributed by atoms with Crippen molar-refractivity contribution in [1.82, 2.24) is 19.8 Å². The molecule has 57 heavy (non-hydrogen) atoms. The Labute approximate surface area is 330 Å². The average Bonchev–Trinajstić information content (AvgIpc) is 3.84. The van der Waals surface area contributed by atoms with Crippen LogP contribution in [-0.4, -0.2) is 100 Å². The van der Waals surface area contributed by atoms with Gasteiger partial charge in [-0.25, -0.2) is 13.6 Å². The average molecular weight is 784 g/mol. The molecule has 0 radical (unpaired) electrons. The van der Waals surface area contributed by atoms with Gasteiger partial charge in [0.1, 0.15) is 30.0 Å². The number of aromatic nitrogens is 2. The minimum absolute atomic E-state index is 0.0165. The predicted molar refractivity (Wildman–Crippen MR) is 208 cm³/mol. The van der Waals surface area contributed by atoms with Crippen molar-refractivity contribution < 1.29 is 37.7 Å². The summed E-state index contributed by atoms with van der Waals surface area (Å²) >= 11 is 0. The number of nitrogens with one attached hydrogen (secondary N) is 1. The highest BCUT2D eigenvalue weighted by molar-refractivity contribution is 6.06. The van der Waals surface area contributed by atoms with Gasteiger partial charge >= 0.3 is 12.1 Å². The summed E-state index contributed by atoms with van der Waals surface area (Å²) in [5.74, 6) is 1.39. The SMILES string of the molecule is C#Cc1c(F)ccc2cc(O)cc(N3Cc4nc(OC[C@]5(C(C)(C)C#N)C[C@@H](F)CN5C5CCOCC5)nc(NCC5(N(C)C(=O)C=C)CCCC5)c4OC3=O)c12. The zero-order valence-corrected chi connectivity index (χ0v) is 32.4. The number of rotatable bonds is 11. The van der Waals surface area contributed by atoms with Crippen LogP contribution in [0.4, 0.5) is 25.1 Å². The lowest BCUT2D eigenvalue weighted by Crippen LogP contribution is -2.61. The summed E-state index contributed by atoms with van der Waals surface area (Å²) in [7, 11) is 1.73. The van der Waals surface area contributed by atoms with E-state index in [4.69, 9.17) is 30.6 Å². The molecule has 0 spiro atoms. The maximum absolute atomic E-state index is 15.6. The van der Waals surface area contributed by atoms with Gasteiger partial charge in [0.25, 0.3) is 0 Å². The van der Waals surface area contributed by atoms with E-state index in [1.54, 1.807) is 25.8 Å². The van der Waals surface area contributed by atoms with Crippen molar-refractivity contribution in [3.05, 3.63) is 54.0 Å². The van der Waals surface area contributed by atoms with Gasteiger partial charge in [0.2, 0.25) is 5.91 Å². The first-order valence-electron chi connectivity index (χ1n) is 19.3. The minimum Gasteiger partial charge on any atom is -0.508 e. The largest absolute Gasteiger partial charge is 0.508 e. The third-order valence-electron chi connectivity index (χ3n) is 12.5. The van der Waals surface area contributed by atoms with Gasteiger partial charge in [0.05, 0.1) is 40.4 Å². The number of alkyl halides is 1. The number of terminal acetylenes is 1. The highest BCUT2D eigenvalue weighted by Gasteiger charge is 2.58. The molecule has 1 aliphatic carbocycles. The number of likely N-dealkylation sites (tertiary alicyclic amines) is 1. The molecule has 3 aromatic rings. The van der Waals surface area contributed by atoms with Crippen LogP contribution in [0.2, 0.25) is 0 Å². The molecule has 300 valence electrons. The summed E-state index contributed by atoms with van der Waals surface area (Å²) in [6, 6.07) is 7.62. The standard InChI is InChI=1S/C42H47F2N7O6/c1-6-30-31(44)11-10-26-18-29(52)19-33(35(26)30)50-22-32-36(57-39(50)54)37(46-24-41(14-8-9-15-41)49(5)34(53)7-2)48-38(47-32)56-25-42(40(3,4)23-45)20-27(43)21-51(42)28-12-16-55-17-13-28/h1,7,10-11,18-19,27-28,52H,2,8-9,12-17,20-22,24-25H2,3-5H3,(H,46,47,48)/t27-,42+/m1/s1. The highest BCUT2D eigenvalue weighted by atomic mass is 19.1. The quantitative estimate of drug-likeness (QED) is 0.168. The van der Waals surface area contributed by atoms with Crippen LogP contribution in [0.25, 0.3) is 10.8 Å². The van der Waals surface area contributed by atoms with Gasteiger partial charge in [-0.15, -0.1) is 6.42 Å². The predicted octanol–water partition coefficient (Wildman–Crippen LogP) is 6.23. The highest BCUT2D eigenvalue weighted by Crippen LogP contribution is 2.48. The molecule has 3 aliphatic heterocycles. The molecule has 13 nitrogen and oxygen atoms in total. The summed E-state index contributed by atoms with van der Waals surface area (Å²) in [5, 5.41) is 25.1. The van der Waals surface area contributed by atoms with Crippen molar-refractivity contribution in [3.63, 3.8) is 0 Å². The van der Waals surface area contributed by atoms with Crippen LogP contribution in [0.5, 0.6) is 17.5 Å². The van der Waals surface area contributed by atoms with Crippen LogP contribution in [0.15, 0.2) is 36.9 Å². The third kappa shape index (κ3) is 7.08. The molecule has 15 heteroatoms.